The summed E-state index contributed by atoms with van der Waals surface area (Å²) < 4.78 is 18.3. The van der Waals surface area contributed by atoms with Crippen molar-refractivity contribution in [2.45, 2.75) is 33.7 Å². The van der Waals surface area contributed by atoms with Crippen LogP contribution >= 0.6 is 0 Å². The third kappa shape index (κ3) is 4.12. The van der Waals surface area contributed by atoms with E-state index in [0.29, 0.717) is 33.2 Å². The number of aromatic amines is 2. The van der Waals surface area contributed by atoms with Crippen LogP contribution in [-0.2, 0) is 0 Å². The second-order valence-electron chi connectivity index (χ2n) is 9.72. The average Bonchev–Trinajstić information content (AvgIpc) is 3.57. The van der Waals surface area contributed by atoms with E-state index in [4.69, 9.17) is 4.98 Å². The fourth-order valence-electron chi connectivity index (χ4n) is 4.76. The van der Waals surface area contributed by atoms with Gasteiger partial charge in [-0.1, -0.05) is 25.1 Å². The van der Waals surface area contributed by atoms with Gasteiger partial charge in [-0.25, -0.2) is 14.4 Å². The van der Waals surface area contributed by atoms with Gasteiger partial charge >= 0.3 is 0 Å². The maximum atomic E-state index is 16.4. The van der Waals surface area contributed by atoms with Crippen molar-refractivity contribution in [2.24, 2.45) is 5.92 Å². The monoisotopic (exact) mass is 494 g/mol. The Balaban J connectivity index is 1.52. The molecule has 186 valence electrons. The number of fused-ring (bicyclic) bond motifs is 2. The van der Waals surface area contributed by atoms with Crippen molar-refractivity contribution in [2.75, 3.05) is 5.32 Å². The Kier molecular flexibility index (Phi) is 5.48. The smallest absolute Gasteiger partial charge is 0.159 e. The van der Waals surface area contributed by atoms with Crippen molar-refractivity contribution in [3.8, 4) is 17.2 Å². The van der Waals surface area contributed by atoms with E-state index in [-0.39, 0.29) is 17.8 Å². The van der Waals surface area contributed by atoms with Crippen molar-refractivity contribution in [1.29, 1.82) is 0 Å². The number of nitrogens with zero attached hydrogens (tertiary/aromatic N) is 5. The molecule has 0 radical (unpaired) electrons. The van der Waals surface area contributed by atoms with Crippen LogP contribution in [0.3, 0.4) is 0 Å². The first-order valence-corrected chi connectivity index (χ1v) is 12.3. The minimum atomic E-state index is -0.367. The number of nitrogens with one attached hydrogen (secondary N) is 3. The van der Waals surface area contributed by atoms with Crippen LogP contribution in [-0.4, -0.2) is 40.7 Å². The number of H-pyrrole nitrogens is 2. The highest BCUT2D eigenvalue weighted by Crippen LogP contribution is 2.30. The van der Waals surface area contributed by atoms with Crippen LogP contribution in [0.1, 0.15) is 32.0 Å². The summed E-state index contributed by atoms with van der Waals surface area (Å²) in [4.78, 5) is 16.9. The number of hydrogen-bond acceptors (Lipinski definition) is 5. The van der Waals surface area contributed by atoms with Gasteiger partial charge in [-0.05, 0) is 44.9 Å². The number of hydrogen-bond donors (Lipinski definition) is 3. The molecular formula is C28H27FN8. The van der Waals surface area contributed by atoms with E-state index in [2.05, 4.69) is 44.3 Å². The Morgan fingerprint density at radius 3 is 2.81 bits per heavy atom. The number of aromatic nitrogens is 7. The first-order valence-electron chi connectivity index (χ1n) is 12.3. The lowest BCUT2D eigenvalue weighted by molar-refractivity contribution is 0.764. The molecule has 0 aliphatic heterocycles. The lowest BCUT2D eigenvalue weighted by Gasteiger charge is -2.12. The second kappa shape index (κ2) is 8.85. The fraction of sp³-hybridized carbons (Fsp3) is 0.214. The van der Waals surface area contributed by atoms with Crippen LogP contribution in [0.5, 0.6) is 0 Å². The van der Waals surface area contributed by atoms with E-state index in [1.54, 1.807) is 18.7 Å². The molecule has 4 aromatic heterocycles. The van der Waals surface area contributed by atoms with E-state index >= 15 is 4.39 Å². The number of benzene rings is 1. The van der Waals surface area contributed by atoms with E-state index in [0.717, 1.165) is 28.1 Å². The minimum absolute atomic E-state index is 0.0243. The van der Waals surface area contributed by atoms with Crippen LogP contribution in [0.15, 0.2) is 55.3 Å². The molecule has 0 bridgehead atoms. The van der Waals surface area contributed by atoms with Gasteiger partial charge in [-0.3, -0.25) is 10.1 Å². The second-order valence-corrected chi connectivity index (χ2v) is 9.72. The molecule has 9 heteroatoms. The molecule has 1 atom stereocenters. The lowest BCUT2D eigenvalue weighted by Crippen LogP contribution is -2.26. The summed E-state index contributed by atoms with van der Waals surface area (Å²) in [5.74, 6) is 0.0973. The maximum absolute atomic E-state index is 16.4. The van der Waals surface area contributed by atoms with Gasteiger partial charge in [-0.15, -0.1) is 0 Å². The molecule has 0 saturated heterocycles. The van der Waals surface area contributed by atoms with Gasteiger partial charge in [0.1, 0.15) is 17.0 Å². The molecule has 0 amide bonds. The Morgan fingerprint density at radius 1 is 1.16 bits per heavy atom. The number of anilines is 1. The summed E-state index contributed by atoms with van der Waals surface area (Å²) >= 11 is 0. The largest absolute Gasteiger partial charge is 0.382 e. The molecule has 1 aliphatic rings. The first kappa shape index (κ1) is 22.9. The molecule has 0 fully saturated rings. The van der Waals surface area contributed by atoms with E-state index < -0.39 is 0 Å². The van der Waals surface area contributed by atoms with Gasteiger partial charge in [-0.2, -0.15) is 5.10 Å². The number of pyridine rings is 1. The number of rotatable bonds is 5. The van der Waals surface area contributed by atoms with Gasteiger partial charge in [0.05, 0.1) is 39.5 Å². The van der Waals surface area contributed by atoms with Crippen LogP contribution in [0.4, 0.5) is 10.1 Å². The number of allylic oxidation sites excluding steroid dienone is 2. The molecule has 3 N–H and O–H groups in total. The maximum Gasteiger partial charge on any atom is 0.159 e. The minimum Gasteiger partial charge on any atom is -0.382 e. The quantitative estimate of drug-likeness (QED) is 0.339. The third-order valence-corrected chi connectivity index (χ3v) is 6.32. The van der Waals surface area contributed by atoms with E-state index in [9.17, 15) is 0 Å². The zero-order chi connectivity index (χ0) is 25.7. The predicted octanol–water partition coefficient (Wildman–Crippen LogP) is 4.25. The Labute approximate surface area is 212 Å². The first-order chi connectivity index (χ1) is 17.9. The Morgan fingerprint density at radius 2 is 2.03 bits per heavy atom. The highest BCUT2D eigenvalue weighted by molar-refractivity contribution is 5.96. The molecule has 0 saturated carbocycles. The SMILES string of the molecule is Cc1cn(-c2cccc3[nH]c(-c4n[nH]c5c4=C(F)C(c4cncc(NC(C)C)c4)=C[C@H](C)C=5)nc23)cn1. The normalized spacial score (nSPS) is 15.5. The van der Waals surface area contributed by atoms with Crippen LogP contribution in [0.2, 0.25) is 0 Å². The van der Waals surface area contributed by atoms with Gasteiger partial charge in [0.2, 0.25) is 0 Å². The van der Waals surface area contributed by atoms with Crippen molar-refractivity contribution in [3.05, 3.63) is 77.1 Å². The van der Waals surface area contributed by atoms with Crippen molar-refractivity contribution >= 4 is 34.2 Å². The Bertz CT molecular complexity index is 1790. The molecular weight excluding hydrogens is 467 g/mol. The number of halogens is 1. The van der Waals surface area contributed by atoms with Crippen LogP contribution in [0, 0.1) is 12.8 Å². The summed E-state index contributed by atoms with van der Waals surface area (Å²) in [6, 6.07) is 8.04. The van der Waals surface area contributed by atoms with E-state index in [1.807, 2.05) is 61.0 Å². The standard InChI is InChI=1S/C28H27FN8/c1-15(2)32-19-10-18(11-30-12-19)20-8-16(3)9-22-24(25(20)29)27(36-35-22)28-33-21-6-5-7-23(26(21)34-28)37-13-17(4)31-14-37/h5-16,32,35H,1-4H3,(H,33,34)/t16-/m0/s1. The summed E-state index contributed by atoms with van der Waals surface area (Å²) in [7, 11) is 0. The van der Waals surface area contributed by atoms with Crippen molar-refractivity contribution in [1.82, 2.24) is 34.7 Å². The third-order valence-electron chi connectivity index (χ3n) is 6.32. The van der Waals surface area contributed by atoms with Gasteiger partial charge < -0.3 is 14.9 Å². The lowest BCUT2D eigenvalue weighted by atomic mass is 10.0. The highest BCUT2D eigenvalue weighted by atomic mass is 19.1. The van der Waals surface area contributed by atoms with Crippen LogP contribution in [0.25, 0.3) is 45.7 Å². The topological polar surface area (TPSA) is 100 Å². The zero-order valence-electron chi connectivity index (χ0n) is 21.0. The molecule has 6 rings (SSSR count). The van der Waals surface area contributed by atoms with Gasteiger partial charge in [0, 0.05) is 35.8 Å². The molecule has 1 aromatic carbocycles. The fourth-order valence-corrected chi connectivity index (χ4v) is 4.76. The molecule has 0 spiro atoms. The molecule has 1 aliphatic carbocycles. The number of aryl methyl sites for hydroxylation is 1. The van der Waals surface area contributed by atoms with Crippen LogP contribution < -0.4 is 15.9 Å². The van der Waals surface area contributed by atoms with Gasteiger partial charge in [0.25, 0.3) is 0 Å². The average molecular weight is 495 g/mol. The summed E-state index contributed by atoms with van der Waals surface area (Å²) in [6.45, 7) is 8.07. The predicted molar refractivity (Wildman–Crippen MR) is 144 cm³/mol. The number of imidazole rings is 2. The summed E-state index contributed by atoms with van der Waals surface area (Å²) in [5, 5.41) is 11.9. The highest BCUT2D eigenvalue weighted by Gasteiger charge is 2.21. The summed E-state index contributed by atoms with van der Waals surface area (Å²) in [5.41, 5.74) is 5.83. The molecule has 5 aromatic rings. The zero-order valence-corrected chi connectivity index (χ0v) is 21.0. The molecule has 8 nitrogen and oxygen atoms in total. The van der Waals surface area contributed by atoms with E-state index in [1.165, 1.54) is 0 Å². The van der Waals surface area contributed by atoms with Gasteiger partial charge in [0.15, 0.2) is 5.82 Å². The molecule has 0 unspecified atom stereocenters. The Hall–Kier alpha value is -4.53. The molecule has 4 heterocycles. The summed E-state index contributed by atoms with van der Waals surface area (Å²) in [6.07, 6.45) is 11.0. The number of para-hydroxylation sites is 1. The van der Waals surface area contributed by atoms with Crippen molar-refractivity contribution in [3.63, 3.8) is 0 Å². The molecule has 37 heavy (non-hydrogen) atoms. The van der Waals surface area contributed by atoms with Crippen molar-refractivity contribution < 1.29 is 4.39 Å².